The van der Waals surface area contributed by atoms with Gasteiger partial charge >= 0.3 is 6.03 Å². The van der Waals surface area contributed by atoms with E-state index >= 15 is 8.78 Å². The summed E-state index contributed by atoms with van der Waals surface area (Å²) in [6.45, 7) is 9.02. The summed E-state index contributed by atoms with van der Waals surface area (Å²) in [7, 11) is 0. The van der Waals surface area contributed by atoms with Crippen molar-refractivity contribution in [2.24, 2.45) is 27.4 Å². The van der Waals surface area contributed by atoms with Crippen molar-refractivity contribution < 1.29 is 13.6 Å². The molecule has 2 aromatic rings. The van der Waals surface area contributed by atoms with Crippen LogP contribution < -0.4 is 22.1 Å². The molecule has 35 heavy (non-hydrogen) atoms. The number of hydrogen-bond acceptors (Lipinski definition) is 3. The number of nitrogens with one attached hydrogen (secondary N) is 2. The van der Waals surface area contributed by atoms with Crippen LogP contribution in [0.2, 0.25) is 0 Å². The Balaban J connectivity index is 2.30. The van der Waals surface area contributed by atoms with Gasteiger partial charge in [-0.1, -0.05) is 45.1 Å². The van der Waals surface area contributed by atoms with Crippen LogP contribution in [0, 0.1) is 17.6 Å². The fraction of sp³-hybridized carbons (Fsp3) is 0.269. The first-order chi connectivity index (χ1) is 16.6. The quantitative estimate of drug-likeness (QED) is 0.268. The molecule has 0 heterocycles. The van der Waals surface area contributed by atoms with Crippen LogP contribution in [0.15, 0.2) is 58.5 Å². The van der Waals surface area contributed by atoms with Crippen molar-refractivity contribution in [3.63, 3.8) is 0 Å². The zero-order chi connectivity index (χ0) is 26.1. The van der Waals surface area contributed by atoms with E-state index in [9.17, 15) is 4.79 Å². The van der Waals surface area contributed by atoms with Gasteiger partial charge in [-0.2, -0.15) is 0 Å². The molecule has 0 aliphatic rings. The second-order valence-corrected chi connectivity index (χ2v) is 7.91. The third-order valence-electron chi connectivity index (χ3n) is 5.06. The van der Waals surface area contributed by atoms with Crippen molar-refractivity contribution in [1.29, 1.82) is 0 Å². The summed E-state index contributed by atoms with van der Waals surface area (Å²) in [6.07, 6.45) is 3.76. The number of rotatable bonds is 8. The number of amidine groups is 2. The third-order valence-corrected chi connectivity index (χ3v) is 5.06. The van der Waals surface area contributed by atoms with Crippen LogP contribution >= 0.6 is 0 Å². The van der Waals surface area contributed by atoms with Crippen molar-refractivity contribution >= 4 is 40.5 Å². The Morgan fingerprint density at radius 1 is 0.914 bits per heavy atom. The predicted molar refractivity (Wildman–Crippen MR) is 141 cm³/mol. The summed E-state index contributed by atoms with van der Waals surface area (Å²) in [5, 5.41) is 4.85. The van der Waals surface area contributed by atoms with E-state index in [1.165, 1.54) is 24.3 Å². The molecule has 186 valence electrons. The minimum absolute atomic E-state index is 0.0158. The average molecular weight is 483 g/mol. The molecule has 2 aromatic carbocycles. The van der Waals surface area contributed by atoms with Crippen molar-refractivity contribution in [2.45, 2.75) is 41.0 Å². The van der Waals surface area contributed by atoms with Gasteiger partial charge in [0.1, 0.15) is 5.84 Å². The summed E-state index contributed by atoms with van der Waals surface area (Å²) in [4.78, 5) is 21.1. The SMILES string of the molecule is C/C=C(\N=C(N)CC)c1cccc(NC(=O)Nc2cccc(/C(=C/C)N=C(N)C(C)C)c2F)c1F. The van der Waals surface area contributed by atoms with Crippen LogP contribution in [0.25, 0.3) is 11.4 Å². The molecule has 6 N–H and O–H groups in total. The summed E-state index contributed by atoms with van der Waals surface area (Å²) in [5.74, 6) is -0.686. The van der Waals surface area contributed by atoms with Gasteiger partial charge in [0, 0.05) is 23.5 Å². The molecular formula is C26H32F2N6O. The van der Waals surface area contributed by atoms with Crippen molar-refractivity contribution in [3.8, 4) is 0 Å². The molecule has 2 amide bonds. The topological polar surface area (TPSA) is 118 Å². The Hall–Kier alpha value is -4.01. The number of urea groups is 1. The van der Waals surface area contributed by atoms with Crippen LogP contribution in [0.3, 0.4) is 0 Å². The van der Waals surface area contributed by atoms with Gasteiger partial charge < -0.3 is 22.1 Å². The van der Waals surface area contributed by atoms with Gasteiger partial charge in [0.15, 0.2) is 11.6 Å². The molecule has 9 heteroatoms. The molecule has 0 fully saturated rings. The third kappa shape index (κ3) is 6.99. The number of anilines is 2. The highest BCUT2D eigenvalue weighted by molar-refractivity contribution is 6.00. The Morgan fingerprint density at radius 3 is 1.77 bits per heavy atom. The highest BCUT2D eigenvalue weighted by Gasteiger charge is 2.17. The summed E-state index contributed by atoms with van der Waals surface area (Å²) < 4.78 is 30.4. The van der Waals surface area contributed by atoms with E-state index in [2.05, 4.69) is 20.6 Å². The van der Waals surface area contributed by atoms with Crippen LogP contribution in [0.5, 0.6) is 0 Å². The van der Waals surface area contributed by atoms with Gasteiger partial charge in [0.2, 0.25) is 0 Å². The first-order valence-corrected chi connectivity index (χ1v) is 11.3. The van der Waals surface area contributed by atoms with E-state index in [1.54, 1.807) is 38.1 Å². The van der Waals surface area contributed by atoms with E-state index in [0.717, 1.165) is 0 Å². The lowest BCUT2D eigenvalue weighted by atomic mass is 10.1. The highest BCUT2D eigenvalue weighted by atomic mass is 19.1. The molecule has 2 rings (SSSR count). The number of hydrogen-bond donors (Lipinski definition) is 4. The van der Waals surface area contributed by atoms with E-state index in [4.69, 9.17) is 11.5 Å². The summed E-state index contributed by atoms with van der Waals surface area (Å²) in [6, 6.07) is 8.20. The Labute approximate surface area is 204 Å². The smallest absolute Gasteiger partial charge is 0.323 e. The summed E-state index contributed by atoms with van der Waals surface area (Å²) >= 11 is 0. The van der Waals surface area contributed by atoms with Gasteiger partial charge in [0.25, 0.3) is 0 Å². The number of nitrogens with zero attached hydrogens (tertiary/aromatic N) is 2. The number of nitrogens with two attached hydrogens (primary N) is 2. The number of benzene rings is 2. The molecule has 0 saturated carbocycles. The van der Waals surface area contributed by atoms with Gasteiger partial charge in [-0.3, -0.25) is 0 Å². The number of halogens is 2. The molecule has 0 atom stereocenters. The molecule has 0 unspecified atom stereocenters. The summed E-state index contributed by atoms with van der Waals surface area (Å²) in [5.41, 5.74) is 12.6. The number of carbonyl (C=O) groups is 1. The molecular weight excluding hydrogens is 450 g/mol. The minimum Gasteiger partial charge on any atom is -0.387 e. The zero-order valence-electron chi connectivity index (χ0n) is 20.6. The van der Waals surface area contributed by atoms with Crippen LogP contribution in [-0.4, -0.2) is 17.7 Å². The molecule has 0 aliphatic heterocycles. The monoisotopic (exact) mass is 482 g/mol. The fourth-order valence-corrected chi connectivity index (χ4v) is 2.99. The van der Waals surface area contributed by atoms with Gasteiger partial charge in [-0.15, -0.1) is 0 Å². The van der Waals surface area contributed by atoms with Crippen molar-refractivity contribution in [3.05, 3.63) is 71.3 Å². The van der Waals surface area contributed by atoms with Crippen molar-refractivity contribution in [1.82, 2.24) is 0 Å². The lowest BCUT2D eigenvalue weighted by Crippen LogP contribution is -2.21. The largest absolute Gasteiger partial charge is 0.387 e. The first-order valence-electron chi connectivity index (χ1n) is 11.3. The predicted octanol–water partition coefficient (Wildman–Crippen LogP) is 6.11. The highest BCUT2D eigenvalue weighted by Crippen LogP contribution is 2.28. The van der Waals surface area contributed by atoms with E-state index < -0.39 is 17.7 Å². The second-order valence-electron chi connectivity index (χ2n) is 7.91. The normalized spacial score (nSPS) is 13.3. The second kappa shape index (κ2) is 12.5. The molecule has 0 aliphatic carbocycles. The lowest BCUT2D eigenvalue weighted by molar-refractivity contribution is 0.262. The maximum absolute atomic E-state index is 15.2. The van der Waals surface area contributed by atoms with E-state index in [-0.39, 0.29) is 28.4 Å². The maximum Gasteiger partial charge on any atom is 0.323 e. The van der Waals surface area contributed by atoms with Gasteiger partial charge in [-0.25, -0.2) is 23.6 Å². The standard InChI is InChI=1S/C26H32F2N6O/c1-6-18(31-22(29)8-3)16-11-9-13-20(23(16)27)33-26(35)34-21-14-10-12-17(24(21)28)19(7-2)32-25(30)15(4)5/h6-7,9-15H,8H2,1-5H3,(H2,29,31)(H2,30,32)(H2,33,34,35)/b18-6-,19-7-. The Morgan fingerprint density at radius 2 is 1.37 bits per heavy atom. The minimum atomic E-state index is -0.817. The number of carbonyl (C=O) groups excluding carboxylic acids is 1. The van der Waals surface area contributed by atoms with E-state index in [1.807, 2.05) is 20.8 Å². The van der Waals surface area contributed by atoms with Gasteiger partial charge in [0.05, 0.1) is 28.6 Å². The van der Waals surface area contributed by atoms with Crippen LogP contribution in [0.4, 0.5) is 25.0 Å². The zero-order valence-corrected chi connectivity index (χ0v) is 20.6. The number of allylic oxidation sites excluding steroid dienone is 2. The molecule has 7 nitrogen and oxygen atoms in total. The lowest BCUT2D eigenvalue weighted by Gasteiger charge is -2.14. The molecule has 0 radical (unpaired) electrons. The number of amides is 2. The average Bonchev–Trinajstić information content (AvgIpc) is 2.83. The van der Waals surface area contributed by atoms with Crippen LogP contribution in [0.1, 0.15) is 52.2 Å². The molecule has 0 aromatic heterocycles. The first kappa shape index (κ1) is 27.2. The fourth-order valence-electron chi connectivity index (χ4n) is 2.99. The van der Waals surface area contributed by atoms with Gasteiger partial charge in [-0.05, 0) is 38.1 Å². The Kier molecular flexibility index (Phi) is 9.69. The molecule has 0 bridgehead atoms. The molecule has 0 saturated heterocycles. The van der Waals surface area contributed by atoms with Crippen LogP contribution in [-0.2, 0) is 0 Å². The maximum atomic E-state index is 15.2. The van der Waals surface area contributed by atoms with E-state index in [0.29, 0.717) is 29.5 Å². The Bertz CT molecular complexity index is 1200. The van der Waals surface area contributed by atoms with Crippen molar-refractivity contribution in [2.75, 3.05) is 10.6 Å². The number of aliphatic imine (C=N–C) groups is 2. The molecule has 0 spiro atoms.